The van der Waals surface area contributed by atoms with Crippen molar-refractivity contribution < 1.29 is 4.79 Å². The van der Waals surface area contributed by atoms with Crippen molar-refractivity contribution in [1.29, 1.82) is 5.26 Å². The third kappa shape index (κ3) is 1.60. The fourth-order valence-electron chi connectivity index (χ4n) is 1.52. The number of hydrogen-bond donors (Lipinski definition) is 0. The standard InChI is InChI=1S/C11H12N2O/c1-4-5-9(6-12)10-8(2)7-13(3)11(10)14/h4-5H,1,7H2,2-3H3/b9-5-. The first kappa shape index (κ1) is 10.3. The molecule has 0 radical (unpaired) electrons. The van der Waals surface area contributed by atoms with E-state index in [9.17, 15) is 4.79 Å². The highest BCUT2D eigenvalue weighted by atomic mass is 16.2. The van der Waals surface area contributed by atoms with Crippen molar-refractivity contribution in [1.82, 2.24) is 4.90 Å². The zero-order chi connectivity index (χ0) is 10.7. The third-order valence-corrected chi connectivity index (χ3v) is 2.14. The Balaban J connectivity index is 3.16. The van der Waals surface area contributed by atoms with E-state index in [1.165, 1.54) is 6.08 Å². The fraction of sp³-hybridized carbons (Fsp3) is 0.273. The minimum atomic E-state index is -0.0860. The summed E-state index contributed by atoms with van der Waals surface area (Å²) in [5.41, 5.74) is 1.86. The second kappa shape index (κ2) is 3.93. The van der Waals surface area contributed by atoms with Gasteiger partial charge in [0, 0.05) is 13.6 Å². The van der Waals surface area contributed by atoms with E-state index in [0.29, 0.717) is 17.7 Å². The molecule has 14 heavy (non-hydrogen) atoms. The van der Waals surface area contributed by atoms with E-state index in [4.69, 9.17) is 5.26 Å². The van der Waals surface area contributed by atoms with Gasteiger partial charge in [-0.05, 0) is 18.6 Å². The van der Waals surface area contributed by atoms with Crippen LogP contribution in [0.4, 0.5) is 0 Å². The van der Waals surface area contributed by atoms with Crippen molar-refractivity contribution in [3.63, 3.8) is 0 Å². The first-order chi connectivity index (χ1) is 6.61. The normalized spacial score (nSPS) is 17.4. The lowest BCUT2D eigenvalue weighted by atomic mass is 10.0. The molecule has 3 heteroatoms. The van der Waals surface area contributed by atoms with Crippen molar-refractivity contribution in [3.05, 3.63) is 35.5 Å². The summed E-state index contributed by atoms with van der Waals surface area (Å²) in [4.78, 5) is 13.2. The van der Waals surface area contributed by atoms with Crippen molar-refractivity contribution in [2.45, 2.75) is 6.92 Å². The third-order valence-electron chi connectivity index (χ3n) is 2.14. The lowest BCUT2D eigenvalue weighted by molar-refractivity contribution is -0.124. The first-order valence-electron chi connectivity index (χ1n) is 4.30. The minimum absolute atomic E-state index is 0.0860. The van der Waals surface area contributed by atoms with Crippen LogP contribution in [0.5, 0.6) is 0 Å². The summed E-state index contributed by atoms with van der Waals surface area (Å²) in [6.45, 7) is 5.98. The monoisotopic (exact) mass is 188 g/mol. The van der Waals surface area contributed by atoms with Crippen LogP contribution in [-0.2, 0) is 4.79 Å². The second-order valence-electron chi connectivity index (χ2n) is 3.24. The molecule has 1 amide bonds. The maximum absolute atomic E-state index is 11.6. The van der Waals surface area contributed by atoms with Crippen LogP contribution in [0.3, 0.4) is 0 Å². The van der Waals surface area contributed by atoms with Gasteiger partial charge in [0.25, 0.3) is 5.91 Å². The molecular formula is C11H12N2O. The maximum atomic E-state index is 11.6. The molecule has 1 heterocycles. The van der Waals surface area contributed by atoms with Crippen LogP contribution >= 0.6 is 0 Å². The molecule has 0 saturated heterocycles. The Labute approximate surface area is 83.6 Å². The summed E-state index contributed by atoms with van der Waals surface area (Å²) < 4.78 is 0. The van der Waals surface area contributed by atoms with E-state index in [1.807, 2.05) is 13.0 Å². The van der Waals surface area contributed by atoms with Gasteiger partial charge in [-0.15, -0.1) is 0 Å². The first-order valence-corrected chi connectivity index (χ1v) is 4.30. The largest absolute Gasteiger partial charge is 0.338 e. The molecule has 0 bridgehead atoms. The van der Waals surface area contributed by atoms with E-state index < -0.39 is 0 Å². The highest BCUT2D eigenvalue weighted by molar-refractivity contribution is 6.02. The van der Waals surface area contributed by atoms with E-state index in [-0.39, 0.29) is 5.91 Å². The topological polar surface area (TPSA) is 44.1 Å². The fourth-order valence-corrected chi connectivity index (χ4v) is 1.52. The summed E-state index contributed by atoms with van der Waals surface area (Å²) in [5, 5.41) is 8.87. The smallest absolute Gasteiger partial charge is 0.255 e. The number of carbonyl (C=O) groups is 1. The van der Waals surface area contributed by atoms with E-state index in [2.05, 4.69) is 6.58 Å². The summed E-state index contributed by atoms with van der Waals surface area (Å²) in [5.74, 6) is -0.0860. The van der Waals surface area contributed by atoms with Gasteiger partial charge in [-0.25, -0.2) is 0 Å². The molecule has 1 aliphatic heterocycles. The Bertz CT molecular complexity index is 383. The molecule has 0 aromatic rings. The highest BCUT2D eigenvalue weighted by Crippen LogP contribution is 2.23. The Morgan fingerprint density at radius 2 is 2.36 bits per heavy atom. The number of rotatable bonds is 2. The van der Waals surface area contributed by atoms with Crippen LogP contribution in [0.25, 0.3) is 0 Å². The van der Waals surface area contributed by atoms with Crippen LogP contribution in [-0.4, -0.2) is 24.4 Å². The predicted molar refractivity (Wildman–Crippen MR) is 54.2 cm³/mol. The molecule has 0 aromatic heterocycles. The number of carbonyl (C=O) groups excluding carboxylic acids is 1. The average Bonchev–Trinajstić information content (AvgIpc) is 2.39. The summed E-state index contributed by atoms with van der Waals surface area (Å²) in [6.07, 6.45) is 3.08. The van der Waals surface area contributed by atoms with Crippen molar-refractivity contribution in [2.24, 2.45) is 0 Å². The van der Waals surface area contributed by atoms with Gasteiger partial charge < -0.3 is 4.90 Å². The van der Waals surface area contributed by atoms with Crippen LogP contribution in [0, 0.1) is 11.3 Å². The molecule has 1 rings (SSSR count). The molecule has 0 aromatic carbocycles. The maximum Gasteiger partial charge on any atom is 0.255 e. The molecule has 0 unspecified atom stereocenters. The molecule has 0 saturated carbocycles. The molecule has 0 spiro atoms. The van der Waals surface area contributed by atoms with Gasteiger partial charge in [-0.3, -0.25) is 4.79 Å². The Kier molecular flexibility index (Phi) is 2.88. The lowest BCUT2D eigenvalue weighted by Crippen LogP contribution is -2.22. The highest BCUT2D eigenvalue weighted by Gasteiger charge is 2.27. The summed E-state index contributed by atoms with van der Waals surface area (Å²) in [7, 11) is 1.72. The molecule has 1 aliphatic rings. The number of nitrogens with zero attached hydrogens (tertiary/aromatic N) is 2. The predicted octanol–water partition coefficient (Wildman–Crippen LogP) is 1.41. The van der Waals surface area contributed by atoms with E-state index >= 15 is 0 Å². The van der Waals surface area contributed by atoms with Crippen molar-refractivity contribution in [3.8, 4) is 6.07 Å². The van der Waals surface area contributed by atoms with Crippen molar-refractivity contribution in [2.75, 3.05) is 13.6 Å². The quantitative estimate of drug-likeness (QED) is 0.486. The zero-order valence-corrected chi connectivity index (χ0v) is 8.37. The molecule has 0 fully saturated rings. The summed E-state index contributed by atoms with van der Waals surface area (Å²) in [6, 6.07) is 2.01. The number of allylic oxidation sites excluding steroid dienone is 2. The van der Waals surface area contributed by atoms with Crippen LogP contribution in [0.2, 0.25) is 0 Å². The Morgan fingerprint density at radius 3 is 2.71 bits per heavy atom. The summed E-state index contributed by atoms with van der Waals surface area (Å²) >= 11 is 0. The van der Waals surface area contributed by atoms with Crippen LogP contribution < -0.4 is 0 Å². The van der Waals surface area contributed by atoms with Crippen LogP contribution in [0.15, 0.2) is 35.5 Å². The molecular weight excluding hydrogens is 176 g/mol. The van der Waals surface area contributed by atoms with Gasteiger partial charge in [-0.2, -0.15) is 5.26 Å². The van der Waals surface area contributed by atoms with Gasteiger partial charge in [0.2, 0.25) is 0 Å². The molecule has 3 nitrogen and oxygen atoms in total. The van der Waals surface area contributed by atoms with Gasteiger partial charge in [0.1, 0.15) is 0 Å². The van der Waals surface area contributed by atoms with Gasteiger partial charge >= 0.3 is 0 Å². The molecule has 0 N–H and O–H groups in total. The lowest BCUT2D eigenvalue weighted by Gasteiger charge is -2.07. The SMILES string of the molecule is C=C/C=C(/C#N)C1=C(C)CN(C)C1=O. The van der Waals surface area contributed by atoms with Gasteiger partial charge in [0.15, 0.2) is 0 Å². The van der Waals surface area contributed by atoms with E-state index in [1.54, 1.807) is 18.0 Å². The van der Waals surface area contributed by atoms with E-state index in [0.717, 1.165) is 5.57 Å². The van der Waals surface area contributed by atoms with Crippen LogP contribution in [0.1, 0.15) is 6.92 Å². The Morgan fingerprint density at radius 1 is 1.71 bits per heavy atom. The number of hydrogen-bond acceptors (Lipinski definition) is 2. The molecule has 72 valence electrons. The van der Waals surface area contributed by atoms with Crippen molar-refractivity contribution >= 4 is 5.91 Å². The number of amides is 1. The Hall–Kier alpha value is -1.82. The number of likely N-dealkylation sites (N-methyl/N-ethyl adjacent to an activating group) is 1. The number of nitriles is 1. The second-order valence-corrected chi connectivity index (χ2v) is 3.24. The van der Waals surface area contributed by atoms with Gasteiger partial charge in [-0.1, -0.05) is 12.7 Å². The minimum Gasteiger partial charge on any atom is -0.338 e. The zero-order valence-electron chi connectivity index (χ0n) is 8.37. The molecule has 0 atom stereocenters. The molecule has 0 aliphatic carbocycles. The van der Waals surface area contributed by atoms with Gasteiger partial charge in [0.05, 0.1) is 17.2 Å². The average molecular weight is 188 g/mol.